The average Bonchev–Trinajstić information content (AvgIpc) is 2.30. The van der Waals surface area contributed by atoms with E-state index in [4.69, 9.17) is 26.8 Å². The lowest BCUT2D eigenvalue weighted by Gasteiger charge is -2.09. The van der Waals surface area contributed by atoms with E-state index in [1.54, 1.807) is 13.2 Å². The molecule has 0 heterocycles. The molecule has 0 radical (unpaired) electrons. The standard InChI is InChI=1S/C12H19ClN2O2/c1-16-7-8-17-6-2-5-15-12-4-3-10(13)9-11(12)14/h3-4,9,15H,2,5-8,14H2,1H3. The first-order valence-corrected chi connectivity index (χ1v) is 5.97. The summed E-state index contributed by atoms with van der Waals surface area (Å²) in [6, 6.07) is 5.43. The topological polar surface area (TPSA) is 56.5 Å². The summed E-state index contributed by atoms with van der Waals surface area (Å²) < 4.78 is 10.2. The van der Waals surface area contributed by atoms with Gasteiger partial charge in [0.15, 0.2) is 0 Å². The van der Waals surface area contributed by atoms with Crippen LogP contribution in [0.2, 0.25) is 5.02 Å². The molecule has 1 aromatic rings. The molecule has 0 bridgehead atoms. The van der Waals surface area contributed by atoms with Crippen molar-refractivity contribution in [3.05, 3.63) is 23.2 Å². The normalized spacial score (nSPS) is 10.5. The zero-order valence-corrected chi connectivity index (χ0v) is 10.8. The number of ether oxygens (including phenoxy) is 2. The summed E-state index contributed by atoms with van der Waals surface area (Å²) in [6.07, 6.45) is 0.922. The Bertz CT molecular complexity index is 334. The summed E-state index contributed by atoms with van der Waals surface area (Å²) in [5.74, 6) is 0. The van der Waals surface area contributed by atoms with E-state index in [1.807, 2.05) is 12.1 Å². The summed E-state index contributed by atoms with van der Waals surface area (Å²) in [7, 11) is 1.66. The van der Waals surface area contributed by atoms with Crippen LogP contribution >= 0.6 is 11.6 Å². The van der Waals surface area contributed by atoms with Gasteiger partial charge in [-0.1, -0.05) is 11.6 Å². The van der Waals surface area contributed by atoms with Crippen LogP contribution in [0.5, 0.6) is 0 Å². The van der Waals surface area contributed by atoms with E-state index in [2.05, 4.69) is 5.32 Å². The third-order valence-electron chi connectivity index (χ3n) is 2.23. The zero-order valence-electron chi connectivity index (χ0n) is 10.0. The molecule has 0 unspecified atom stereocenters. The van der Waals surface area contributed by atoms with E-state index in [-0.39, 0.29) is 0 Å². The number of nitrogen functional groups attached to an aromatic ring is 1. The molecule has 0 aromatic heterocycles. The molecule has 4 nitrogen and oxygen atoms in total. The predicted octanol–water partition coefficient (Wildman–Crippen LogP) is 2.39. The van der Waals surface area contributed by atoms with Crippen LogP contribution in [-0.4, -0.2) is 33.5 Å². The van der Waals surface area contributed by atoms with Gasteiger partial charge in [-0.2, -0.15) is 0 Å². The Morgan fingerprint density at radius 3 is 2.82 bits per heavy atom. The van der Waals surface area contributed by atoms with Crippen LogP contribution in [-0.2, 0) is 9.47 Å². The number of rotatable bonds is 8. The summed E-state index contributed by atoms with van der Waals surface area (Å²) in [4.78, 5) is 0. The Morgan fingerprint density at radius 1 is 1.29 bits per heavy atom. The van der Waals surface area contributed by atoms with Crippen LogP contribution in [0.3, 0.4) is 0 Å². The Kier molecular flexibility index (Phi) is 6.77. The van der Waals surface area contributed by atoms with Crippen LogP contribution in [0.25, 0.3) is 0 Å². The van der Waals surface area contributed by atoms with Crippen LogP contribution in [0.15, 0.2) is 18.2 Å². The number of nitrogens with one attached hydrogen (secondary N) is 1. The molecule has 1 rings (SSSR count). The Balaban J connectivity index is 2.14. The van der Waals surface area contributed by atoms with E-state index in [0.29, 0.717) is 30.5 Å². The van der Waals surface area contributed by atoms with Crippen molar-refractivity contribution < 1.29 is 9.47 Å². The first kappa shape index (κ1) is 14.1. The van der Waals surface area contributed by atoms with Gasteiger partial charge >= 0.3 is 0 Å². The molecule has 1 aromatic carbocycles. The maximum atomic E-state index is 5.81. The third-order valence-corrected chi connectivity index (χ3v) is 2.46. The van der Waals surface area contributed by atoms with E-state index in [1.165, 1.54) is 0 Å². The molecule has 0 aliphatic carbocycles. The first-order chi connectivity index (χ1) is 8.24. The molecule has 0 atom stereocenters. The van der Waals surface area contributed by atoms with Crippen LogP contribution in [0.1, 0.15) is 6.42 Å². The average molecular weight is 259 g/mol. The predicted molar refractivity (Wildman–Crippen MR) is 71.7 cm³/mol. The summed E-state index contributed by atoms with van der Waals surface area (Å²) in [5, 5.41) is 3.89. The molecule has 0 saturated carbocycles. The molecular formula is C12H19ClN2O2. The van der Waals surface area contributed by atoms with E-state index in [0.717, 1.165) is 18.7 Å². The van der Waals surface area contributed by atoms with E-state index in [9.17, 15) is 0 Å². The van der Waals surface area contributed by atoms with Gasteiger partial charge < -0.3 is 20.5 Å². The van der Waals surface area contributed by atoms with Crippen molar-refractivity contribution in [1.82, 2.24) is 0 Å². The number of nitrogens with two attached hydrogens (primary N) is 1. The highest BCUT2D eigenvalue weighted by Crippen LogP contribution is 2.22. The molecule has 17 heavy (non-hydrogen) atoms. The second-order valence-electron chi connectivity index (χ2n) is 3.62. The van der Waals surface area contributed by atoms with Crippen molar-refractivity contribution in [1.29, 1.82) is 0 Å². The zero-order chi connectivity index (χ0) is 12.5. The number of halogens is 1. The molecule has 3 N–H and O–H groups in total. The van der Waals surface area contributed by atoms with Crippen molar-refractivity contribution in [2.75, 3.05) is 44.5 Å². The monoisotopic (exact) mass is 258 g/mol. The minimum absolute atomic E-state index is 0.636. The quantitative estimate of drug-likeness (QED) is 0.555. The van der Waals surface area contributed by atoms with Gasteiger partial charge in [0.1, 0.15) is 0 Å². The van der Waals surface area contributed by atoms with Gasteiger partial charge in [-0.05, 0) is 24.6 Å². The Hall–Kier alpha value is -0.970. The fourth-order valence-corrected chi connectivity index (χ4v) is 1.52. The van der Waals surface area contributed by atoms with E-state index >= 15 is 0 Å². The first-order valence-electron chi connectivity index (χ1n) is 5.59. The van der Waals surface area contributed by atoms with Gasteiger partial charge in [0.25, 0.3) is 0 Å². The molecule has 0 fully saturated rings. The molecule has 0 spiro atoms. The van der Waals surface area contributed by atoms with Gasteiger partial charge in [-0.25, -0.2) is 0 Å². The number of hydrogen-bond acceptors (Lipinski definition) is 4. The highest BCUT2D eigenvalue weighted by atomic mass is 35.5. The third kappa shape index (κ3) is 5.77. The second kappa shape index (κ2) is 8.17. The summed E-state index contributed by atoms with van der Waals surface area (Å²) in [6.45, 7) is 2.81. The van der Waals surface area contributed by atoms with Gasteiger partial charge in [0.05, 0.1) is 24.6 Å². The second-order valence-corrected chi connectivity index (χ2v) is 4.05. The number of anilines is 2. The van der Waals surface area contributed by atoms with Crippen molar-refractivity contribution in [3.8, 4) is 0 Å². The lowest BCUT2D eigenvalue weighted by molar-refractivity contribution is 0.0705. The molecule has 0 amide bonds. The van der Waals surface area contributed by atoms with Crippen molar-refractivity contribution in [2.24, 2.45) is 0 Å². The smallest absolute Gasteiger partial charge is 0.0700 e. The number of methoxy groups -OCH3 is 1. The van der Waals surface area contributed by atoms with Crippen molar-refractivity contribution in [2.45, 2.75) is 6.42 Å². The van der Waals surface area contributed by atoms with Gasteiger partial charge in [0.2, 0.25) is 0 Å². The maximum Gasteiger partial charge on any atom is 0.0700 e. The minimum Gasteiger partial charge on any atom is -0.397 e. The molecule has 5 heteroatoms. The van der Waals surface area contributed by atoms with Crippen molar-refractivity contribution >= 4 is 23.0 Å². The maximum absolute atomic E-state index is 5.81. The highest BCUT2D eigenvalue weighted by molar-refractivity contribution is 6.31. The molecule has 0 aliphatic heterocycles. The number of benzene rings is 1. The van der Waals surface area contributed by atoms with Gasteiger partial charge in [0, 0.05) is 25.3 Å². The minimum atomic E-state index is 0.636. The van der Waals surface area contributed by atoms with Gasteiger partial charge in [-0.3, -0.25) is 0 Å². The SMILES string of the molecule is COCCOCCCNc1ccc(Cl)cc1N. The van der Waals surface area contributed by atoms with Crippen LogP contribution in [0.4, 0.5) is 11.4 Å². The fourth-order valence-electron chi connectivity index (χ4n) is 1.34. The molecule has 96 valence electrons. The summed E-state index contributed by atoms with van der Waals surface area (Å²) >= 11 is 5.81. The van der Waals surface area contributed by atoms with Gasteiger partial charge in [-0.15, -0.1) is 0 Å². The van der Waals surface area contributed by atoms with Crippen LogP contribution < -0.4 is 11.1 Å². The largest absolute Gasteiger partial charge is 0.397 e. The highest BCUT2D eigenvalue weighted by Gasteiger charge is 1.98. The Morgan fingerprint density at radius 2 is 2.12 bits per heavy atom. The Labute approximate surface area is 107 Å². The van der Waals surface area contributed by atoms with Crippen molar-refractivity contribution in [3.63, 3.8) is 0 Å². The molecular weight excluding hydrogens is 240 g/mol. The van der Waals surface area contributed by atoms with E-state index < -0.39 is 0 Å². The lowest BCUT2D eigenvalue weighted by atomic mass is 10.2. The summed E-state index contributed by atoms with van der Waals surface area (Å²) in [5.41, 5.74) is 7.38. The van der Waals surface area contributed by atoms with Crippen LogP contribution in [0, 0.1) is 0 Å². The molecule has 0 saturated heterocycles. The molecule has 0 aliphatic rings. The fraction of sp³-hybridized carbons (Fsp3) is 0.500. The lowest BCUT2D eigenvalue weighted by Crippen LogP contribution is -2.09. The number of hydrogen-bond donors (Lipinski definition) is 2.